The smallest absolute Gasteiger partial charge is 0.164 e. The molecule has 290 valence electrons. The maximum absolute atomic E-state index is 10.7. The van der Waals surface area contributed by atoms with Crippen LogP contribution in [0.4, 0.5) is 0 Å². The standard InChI is InChI=1S/C58H38N4/c1-36-18-22-40(23-19-36)56-60-57(41-24-20-37(2)21-25-41)62-58(61-56)54-15-8-7-12-48(54)47-31-30-42(34-43(47)35-59)45-11-4-3-10-44(45)38-26-28-39(29-27-38)46-32-33-53-50-14-6-5-13-49(50)52-17-9-16-51(46)55(52)53/h3-34H,1-2H3. The maximum atomic E-state index is 10.7. The van der Waals surface area contributed by atoms with Crippen molar-refractivity contribution in [1.82, 2.24) is 15.0 Å². The number of rotatable bonds is 7. The highest BCUT2D eigenvalue weighted by Gasteiger charge is 2.23. The largest absolute Gasteiger partial charge is 0.208 e. The zero-order valence-corrected chi connectivity index (χ0v) is 34.3. The molecule has 0 amide bonds. The van der Waals surface area contributed by atoms with E-state index in [1.165, 1.54) is 44.2 Å². The highest BCUT2D eigenvalue weighted by Crippen LogP contribution is 2.49. The van der Waals surface area contributed by atoms with Crippen molar-refractivity contribution in [3.05, 3.63) is 211 Å². The van der Waals surface area contributed by atoms with Crippen molar-refractivity contribution in [2.45, 2.75) is 13.8 Å². The van der Waals surface area contributed by atoms with Crippen LogP contribution in [-0.4, -0.2) is 15.0 Å². The second-order valence-corrected chi connectivity index (χ2v) is 16.0. The van der Waals surface area contributed by atoms with Gasteiger partial charge in [0.25, 0.3) is 0 Å². The van der Waals surface area contributed by atoms with Crippen molar-refractivity contribution < 1.29 is 0 Å². The third-order valence-corrected chi connectivity index (χ3v) is 12.1. The van der Waals surface area contributed by atoms with Gasteiger partial charge in [-0.1, -0.05) is 199 Å². The number of nitriles is 1. The molecule has 0 aliphatic heterocycles. The molecule has 1 aliphatic rings. The number of fused-ring (bicyclic) bond motifs is 3. The Bertz CT molecular complexity index is 3320. The molecule has 0 fully saturated rings. The number of hydrogen-bond acceptors (Lipinski definition) is 4. The quantitative estimate of drug-likeness (QED) is 0.161. The maximum Gasteiger partial charge on any atom is 0.164 e. The van der Waals surface area contributed by atoms with Crippen molar-refractivity contribution in [3.63, 3.8) is 0 Å². The minimum Gasteiger partial charge on any atom is -0.208 e. The Morgan fingerprint density at radius 2 is 0.726 bits per heavy atom. The normalized spacial score (nSPS) is 11.4. The summed E-state index contributed by atoms with van der Waals surface area (Å²) in [5, 5.41) is 13.3. The minimum atomic E-state index is 0.547. The average Bonchev–Trinajstić information content (AvgIpc) is 3.66. The predicted molar refractivity (Wildman–Crippen MR) is 254 cm³/mol. The van der Waals surface area contributed by atoms with Crippen LogP contribution < -0.4 is 0 Å². The van der Waals surface area contributed by atoms with Crippen molar-refractivity contribution in [2.75, 3.05) is 0 Å². The van der Waals surface area contributed by atoms with Crippen LogP contribution in [0.25, 0.3) is 112 Å². The SMILES string of the molecule is Cc1ccc(-c2nc(-c3ccc(C)cc3)nc(-c3ccccc3-c3ccc(-c4ccccc4-c4ccc(-c5ccc6c7c(cccc57)-c5ccccc5-6)cc4)cc3C#N)n2)cc1. The van der Waals surface area contributed by atoms with Crippen LogP contribution in [0, 0.1) is 25.2 Å². The van der Waals surface area contributed by atoms with Gasteiger partial charge in [0.2, 0.25) is 0 Å². The Kier molecular flexibility index (Phi) is 8.95. The highest BCUT2D eigenvalue weighted by molar-refractivity contribution is 6.18. The second-order valence-electron chi connectivity index (χ2n) is 16.0. The molecule has 4 nitrogen and oxygen atoms in total. The first-order chi connectivity index (χ1) is 30.5. The molecule has 1 aromatic heterocycles. The molecule has 0 atom stereocenters. The van der Waals surface area contributed by atoms with E-state index in [9.17, 15) is 5.26 Å². The summed E-state index contributed by atoms with van der Waals surface area (Å²) >= 11 is 0. The molecule has 1 heterocycles. The van der Waals surface area contributed by atoms with E-state index in [-0.39, 0.29) is 0 Å². The Morgan fingerprint density at radius 3 is 1.31 bits per heavy atom. The molecule has 0 saturated heterocycles. The second kappa shape index (κ2) is 15.1. The summed E-state index contributed by atoms with van der Waals surface area (Å²) in [7, 11) is 0. The molecular weight excluding hydrogens is 753 g/mol. The van der Waals surface area contributed by atoms with Gasteiger partial charge in [0.05, 0.1) is 11.6 Å². The van der Waals surface area contributed by atoms with E-state index >= 15 is 0 Å². The van der Waals surface area contributed by atoms with Gasteiger partial charge < -0.3 is 0 Å². The molecule has 0 unspecified atom stereocenters. The van der Waals surface area contributed by atoms with E-state index < -0.39 is 0 Å². The molecular formula is C58H38N4. The summed E-state index contributed by atoms with van der Waals surface area (Å²) in [6.45, 7) is 4.14. The number of hydrogen-bond donors (Lipinski definition) is 0. The Morgan fingerprint density at radius 1 is 0.323 bits per heavy atom. The Hall–Kier alpha value is -8.26. The number of aryl methyl sites for hydroxylation is 2. The first-order valence-electron chi connectivity index (χ1n) is 20.9. The Labute approximate surface area is 361 Å². The molecule has 0 radical (unpaired) electrons. The molecule has 0 saturated carbocycles. The van der Waals surface area contributed by atoms with Gasteiger partial charge in [-0.15, -0.1) is 0 Å². The van der Waals surface area contributed by atoms with E-state index in [4.69, 9.17) is 15.0 Å². The lowest BCUT2D eigenvalue weighted by Crippen LogP contribution is -2.01. The molecule has 1 aliphatic carbocycles. The Balaban J connectivity index is 0.958. The van der Waals surface area contributed by atoms with Crippen molar-refractivity contribution in [1.29, 1.82) is 5.26 Å². The number of benzene rings is 9. The van der Waals surface area contributed by atoms with Crippen LogP contribution >= 0.6 is 0 Å². The summed E-state index contributed by atoms with van der Waals surface area (Å²) in [4.78, 5) is 15.1. The van der Waals surface area contributed by atoms with Crippen LogP contribution in [0.1, 0.15) is 16.7 Å². The molecule has 0 N–H and O–H groups in total. The third kappa shape index (κ3) is 6.36. The van der Waals surface area contributed by atoms with Gasteiger partial charge in [-0.2, -0.15) is 5.26 Å². The number of aromatic nitrogens is 3. The van der Waals surface area contributed by atoms with Crippen LogP contribution in [0.2, 0.25) is 0 Å². The fraction of sp³-hybridized carbons (Fsp3) is 0.0345. The van der Waals surface area contributed by atoms with E-state index in [1.807, 2.05) is 54.6 Å². The third-order valence-electron chi connectivity index (χ3n) is 12.1. The average molecular weight is 791 g/mol. The molecule has 4 heteroatoms. The lowest BCUT2D eigenvalue weighted by atomic mass is 9.89. The molecule has 0 bridgehead atoms. The van der Waals surface area contributed by atoms with E-state index in [2.05, 4.69) is 159 Å². The molecule has 0 spiro atoms. The first-order valence-corrected chi connectivity index (χ1v) is 20.9. The van der Waals surface area contributed by atoms with Gasteiger partial charge in [-0.05, 0) is 91.9 Å². The minimum absolute atomic E-state index is 0.547. The van der Waals surface area contributed by atoms with Crippen molar-refractivity contribution in [2.24, 2.45) is 0 Å². The van der Waals surface area contributed by atoms with Gasteiger partial charge in [-0.3, -0.25) is 0 Å². The highest BCUT2D eigenvalue weighted by atomic mass is 15.0. The molecule has 10 aromatic rings. The number of nitrogens with zero attached hydrogens (tertiary/aromatic N) is 4. The summed E-state index contributed by atoms with van der Waals surface area (Å²) in [5.41, 5.74) is 19.1. The van der Waals surface area contributed by atoms with E-state index in [0.717, 1.165) is 61.2 Å². The summed E-state index contributed by atoms with van der Waals surface area (Å²) < 4.78 is 0. The predicted octanol–water partition coefficient (Wildman–Crippen LogP) is 14.8. The lowest BCUT2D eigenvalue weighted by Gasteiger charge is -2.15. The topological polar surface area (TPSA) is 62.5 Å². The van der Waals surface area contributed by atoms with E-state index in [1.54, 1.807) is 0 Å². The summed E-state index contributed by atoms with van der Waals surface area (Å²) in [6.07, 6.45) is 0. The van der Waals surface area contributed by atoms with Gasteiger partial charge >= 0.3 is 0 Å². The van der Waals surface area contributed by atoms with Gasteiger partial charge in [0.1, 0.15) is 0 Å². The molecule has 9 aromatic carbocycles. The fourth-order valence-corrected chi connectivity index (χ4v) is 8.99. The van der Waals surface area contributed by atoms with Gasteiger partial charge in [-0.25, -0.2) is 15.0 Å². The van der Waals surface area contributed by atoms with Crippen LogP contribution in [-0.2, 0) is 0 Å². The van der Waals surface area contributed by atoms with Crippen LogP contribution in [0.5, 0.6) is 0 Å². The van der Waals surface area contributed by atoms with Gasteiger partial charge in [0.15, 0.2) is 17.5 Å². The molecule has 11 rings (SSSR count). The monoisotopic (exact) mass is 790 g/mol. The van der Waals surface area contributed by atoms with Crippen LogP contribution in [0.3, 0.4) is 0 Å². The van der Waals surface area contributed by atoms with E-state index in [0.29, 0.717) is 23.0 Å². The van der Waals surface area contributed by atoms with Crippen molar-refractivity contribution in [3.8, 4) is 107 Å². The zero-order chi connectivity index (χ0) is 41.7. The zero-order valence-electron chi connectivity index (χ0n) is 34.3. The fourth-order valence-electron chi connectivity index (χ4n) is 8.99. The first kappa shape index (κ1) is 36.8. The van der Waals surface area contributed by atoms with Gasteiger partial charge in [0, 0.05) is 22.3 Å². The van der Waals surface area contributed by atoms with Crippen molar-refractivity contribution >= 4 is 10.8 Å². The van der Waals surface area contributed by atoms with Crippen LogP contribution in [0.15, 0.2) is 194 Å². The molecule has 62 heavy (non-hydrogen) atoms. The summed E-state index contributed by atoms with van der Waals surface area (Å²) in [6, 6.07) is 70.5. The summed E-state index contributed by atoms with van der Waals surface area (Å²) in [5.74, 6) is 1.74. The lowest BCUT2D eigenvalue weighted by molar-refractivity contribution is 1.07.